The molecule has 124 valence electrons. The zero-order valence-corrected chi connectivity index (χ0v) is 14.4. The van der Waals surface area contributed by atoms with Gasteiger partial charge in [-0.25, -0.2) is 4.99 Å². The third-order valence-electron chi connectivity index (χ3n) is 3.58. The van der Waals surface area contributed by atoms with Crippen molar-refractivity contribution in [1.29, 1.82) is 0 Å². The van der Waals surface area contributed by atoms with Crippen molar-refractivity contribution in [2.24, 2.45) is 4.99 Å². The fourth-order valence-corrected chi connectivity index (χ4v) is 2.26. The average molecular weight is 335 g/mol. The minimum atomic E-state index is 0.679. The number of hydrogen-bond acceptors (Lipinski definition) is 2. The van der Waals surface area contributed by atoms with Gasteiger partial charge >= 0.3 is 0 Å². The molecule has 0 amide bonds. The predicted octanol–water partition coefficient (Wildman–Crippen LogP) is 4.87. The fourth-order valence-electron chi connectivity index (χ4n) is 2.26. The molecule has 26 heavy (non-hydrogen) atoms. The number of nitrogens with zero attached hydrogens (tertiary/aromatic N) is 1. The normalized spacial score (nSPS) is 10.1. The van der Waals surface area contributed by atoms with E-state index in [1.54, 1.807) is 7.11 Å². The summed E-state index contributed by atoms with van der Waals surface area (Å²) in [5.41, 5.74) is 3.39. The van der Waals surface area contributed by atoms with Gasteiger partial charge in [0.25, 0.3) is 0 Å². The molecule has 0 aromatic heterocycles. The fraction of sp³-hybridized carbons (Fsp3) is 0.0417. The monoisotopic (exact) mass is 335 g/mol. The summed E-state index contributed by atoms with van der Waals surface area (Å²) in [5, 5.41) is 0. The van der Waals surface area contributed by atoms with Gasteiger partial charge in [0, 0.05) is 11.1 Å². The van der Waals surface area contributed by atoms with Crippen LogP contribution in [0.15, 0.2) is 89.9 Å². The van der Waals surface area contributed by atoms with Gasteiger partial charge in [0.05, 0.1) is 12.8 Å². The lowest BCUT2D eigenvalue weighted by Crippen LogP contribution is -1.96. The van der Waals surface area contributed by atoms with Gasteiger partial charge in [0.1, 0.15) is 11.5 Å². The molecule has 0 saturated heterocycles. The summed E-state index contributed by atoms with van der Waals surface area (Å²) in [7, 11) is 1.64. The molecule has 0 saturated carbocycles. The molecule has 0 aliphatic carbocycles. The van der Waals surface area contributed by atoms with Crippen molar-refractivity contribution < 1.29 is 4.74 Å². The summed E-state index contributed by atoms with van der Waals surface area (Å²) in [6.45, 7) is 0. The lowest BCUT2D eigenvalue weighted by molar-refractivity contribution is 0.415. The maximum absolute atomic E-state index is 5.19. The Labute approximate surface area is 154 Å². The van der Waals surface area contributed by atoms with Crippen LogP contribution in [0.1, 0.15) is 11.1 Å². The van der Waals surface area contributed by atoms with Gasteiger partial charge in [-0.05, 0) is 54.2 Å². The van der Waals surface area contributed by atoms with Crippen molar-refractivity contribution in [3.05, 3.63) is 96.1 Å². The van der Waals surface area contributed by atoms with Gasteiger partial charge in [-0.2, -0.15) is 0 Å². The lowest BCUT2D eigenvalue weighted by Gasteiger charge is -2.02. The Morgan fingerprint density at radius 1 is 0.769 bits per heavy atom. The summed E-state index contributed by atoms with van der Waals surface area (Å²) < 4.78 is 5.19. The maximum atomic E-state index is 5.19. The standard InChI is InChI=1S/C24H17NO/c1-26-23-18-16-22(17-19-23)25-24(21-13-6-3-7-14-21)15-9-8-12-20-10-4-2-5-11-20/h2-7,10-11,13-14,16-19H,1H3. The molecule has 0 aliphatic rings. The van der Waals surface area contributed by atoms with E-state index in [4.69, 9.17) is 4.74 Å². The Balaban J connectivity index is 1.91. The molecule has 0 spiro atoms. The van der Waals surface area contributed by atoms with Gasteiger partial charge < -0.3 is 4.74 Å². The highest BCUT2D eigenvalue weighted by Gasteiger charge is 2.00. The molecule has 0 unspecified atom stereocenters. The Morgan fingerprint density at radius 3 is 2.08 bits per heavy atom. The number of benzene rings is 3. The van der Waals surface area contributed by atoms with Crippen molar-refractivity contribution >= 4 is 11.4 Å². The minimum Gasteiger partial charge on any atom is -0.497 e. The number of hydrogen-bond donors (Lipinski definition) is 0. The first-order valence-electron chi connectivity index (χ1n) is 8.20. The maximum Gasteiger partial charge on any atom is 0.122 e. The molecule has 3 aromatic carbocycles. The van der Waals surface area contributed by atoms with E-state index in [1.807, 2.05) is 84.9 Å². The highest BCUT2D eigenvalue weighted by molar-refractivity contribution is 6.14. The molecule has 0 radical (unpaired) electrons. The van der Waals surface area contributed by atoms with Crippen LogP contribution in [-0.4, -0.2) is 12.8 Å². The van der Waals surface area contributed by atoms with Gasteiger partial charge in [-0.15, -0.1) is 0 Å². The molecule has 0 aliphatic heterocycles. The lowest BCUT2D eigenvalue weighted by atomic mass is 10.1. The Bertz CT molecular complexity index is 996. The van der Waals surface area contributed by atoms with Crippen LogP contribution in [0.5, 0.6) is 5.75 Å². The largest absolute Gasteiger partial charge is 0.497 e. The molecule has 2 heteroatoms. The van der Waals surface area contributed by atoms with Crippen molar-refractivity contribution in [3.63, 3.8) is 0 Å². The van der Waals surface area contributed by atoms with Crippen molar-refractivity contribution in [2.45, 2.75) is 0 Å². The van der Waals surface area contributed by atoms with Crippen LogP contribution in [0.2, 0.25) is 0 Å². The summed E-state index contributed by atoms with van der Waals surface area (Å²) in [4.78, 5) is 4.67. The topological polar surface area (TPSA) is 21.6 Å². The van der Waals surface area contributed by atoms with Gasteiger partial charge in [0.15, 0.2) is 0 Å². The van der Waals surface area contributed by atoms with E-state index in [0.29, 0.717) is 5.71 Å². The first-order valence-corrected chi connectivity index (χ1v) is 8.20. The SMILES string of the molecule is COc1ccc(N=C(C#CC#Cc2ccccc2)c2ccccc2)cc1. The quantitative estimate of drug-likeness (QED) is 0.494. The Hall–Kier alpha value is -3.75. The van der Waals surface area contributed by atoms with Crippen molar-refractivity contribution in [3.8, 4) is 29.4 Å². The number of ether oxygens (including phenoxy) is 1. The molecule has 0 heterocycles. The summed E-state index contributed by atoms with van der Waals surface area (Å²) in [6.07, 6.45) is 0. The molecule has 0 N–H and O–H groups in total. The smallest absolute Gasteiger partial charge is 0.122 e. The third kappa shape index (κ3) is 4.87. The van der Waals surface area contributed by atoms with Gasteiger partial charge in [-0.1, -0.05) is 54.5 Å². The van der Waals surface area contributed by atoms with Crippen molar-refractivity contribution in [2.75, 3.05) is 7.11 Å². The Morgan fingerprint density at radius 2 is 1.42 bits per heavy atom. The molecule has 3 rings (SSSR count). The van der Waals surface area contributed by atoms with Crippen LogP contribution in [0.4, 0.5) is 5.69 Å². The molecular formula is C24H17NO. The average Bonchev–Trinajstić information content (AvgIpc) is 2.72. The van der Waals surface area contributed by atoms with Gasteiger partial charge in [-0.3, -0.25) is 0 Å². The highest BCUT2D eigenvalue weighted by Crippen LogP contribution is 2.18. The summed E-state index contributed by atoms with van der Waals surface area (Å²) in [5.74, 6) is 12.7. The molecule has 0 fully saturated rings. The van der Waals surface area contributed by atoms with Crippen LogP contribution in [0.3, 0.4) is 0 Å². The van der Waals surface area contributed by atoms with E-state index < -0.39 is 0 Å². The summed E-state index contributed by atoms with van der Waals surface area (Å²) in [6, 6.07) is 27.2. The van der Waals surface area contributed by atoms with E-state index in [1.165, 1.54) is 0 Å². The van der Waals surface area contributed by atoms with Crippen LogP contribution in [0.25, 0.3) is 0 Å². The minimum absolute atomic E-state index is 0.679. The zero-order valence-electron chi connectivity index (χ0n) is 14.4. The van der Waals surface area contributed by atoms with Crippen LogP contribution >= 0.6 is 0 Å². The van der Waals surface area contributed by atoms with E-state index >= 15 is 0 Å². The second-order valence-electron chi connectivity index (χ2n) is 5.39. The number of aliphatic imine (C=N–C) groups is 1. The molecule has 2 nitrogen and oxygen atoms in total. The van der Waals surface area contributed by atoms with E-state index in [9.17, 15) is 0 Å². The Kier molecular flexibility index (Phi) is 5.86. The third-order valence-corrected chi connectivity index (χ3v) is 3.58. The van der Waals surface area contributed by atoms with E-state index in [2.05, 4.69) is 28.7 Å². The number of rotatable bonds is 3. The predicted molar refractivity (Wildman–Crippen MR) is 107 cm³/mol. The molecular weight excluding hydrogens is 318 g/mol. The second kappa shape index (κ2) is 8.92. The zero-order chi connectivity index (χ0) is 18.0. The molecule has 0 bridgehead atoms. The van der Waals surface area contributed by atoms with Crippen LogP contribution < -0.4 is 4.74 Å². The van der Waals surface area contributed by atoms with Crippen LogP contribution in [-0.2, 0) is 0 Å². The number of methoxy groups -OCH3 is 1. The van der Waals surface area contributed by atoms with E-state index in [0.717, 1.165) is 22.6 Å². The van der Waals surface area contributed by atoms with Crippen LogP contribution in [0, 0.1) is 23.7 Å². The first-order chi connectivity index (χ1) is 12.8. The van der Waals surface area contributed by atoms with Crippen molar-refractivity contribution in [1.82, 2.24) is 0 Å². The first kappa shape index (κ1) is 17.1. The molecule has 3 aromatic rings. The second-order valence-corrected chi connectivity index (χ2v) is 5.39. The molecule has 0 atom stereocenters. The summed E-state index contributed by atoms with van der Waals surface area (Å²) >= 11 is 0. The highest BCUT2D eigenvalue weighted by atomic mass is 16.5. The van der Waals surface area contributed by atoms with E-state index in [-0.39, 0.29) is 0 Å². The van der Waals surface area contributed by atoms with Gasteiger partial charge in [0.2, 0.25) is 0 Å².